The second kappa shape index (κ2) is 4.61. The Kier molecular flexibility index (Phi) is 3.17. The van der Waals surface area contributed by atoms with Gasteiger partial charge in [-0.25, -0.2) is 9.18 Å². The average Bonchev–Trinajstić information content (AvgIpc) is 2.27. The van der Waals surface area contributed by atoms with Gasteiger partial charge >= 0.3 is 6.03 Å². The topological polar surface area (TPSA) is 41.6 Å². The van der Waals surface area contributed by atoms with Crippen LogP contribution in [-0.4, -0.2) is 25.2 Å². The van der Waals surface area contributed by atoms with Gasteiger partial charge in [0.2, 0.25) is 0 Å². The van der Waals surface area contributed by atoms with E-state index in [9.17, 15) is 9.18 Å². The smallest absolute Gasteiger partial charge is 0.322 e. The molecule has 2 rings (SSSR count). The fourth-order valence-electron chi connectivity index (χ4n) is 1.73. The molecule has 17 heavy (non-hydrogen) atoms. The van der Waals surface area contributed by atoms with Crippen molar-refractivity contribution in [2.45, 2.75) is 19.9 Å². The molecule has 92 valence electrons. The minimum Gasteiger partial charge on any atom is -0.490 e. The monoisotopic (exact) mass is 238 g/mol. The molecule has 0 saturated carbocycles. The lowest BCUT2D eigenvalue weighted by molar-refractivity contribution is 0.237. The van der Waals surface area contributed by atoms with Gasteiger partial charge in [0, 0.05) is 12.1 Å². The number of hydrogen-bond acceptors (Lipinski definition) is 2. The molecule has 1 aromatic carbocycles. The number of halogens is 1. The molecule has 1 N–H and O–H groups in total. The van der Waals surface area contributed by atoms with E-state index in [1.54, 1.807) is 6.07 Å². The highest BCUT2D eigenvalue weighted by atomic mass is 19.1. The summed E-state index contributed by atoms with van der Waals surface area (Å²) in [6.07, 6.45) is 0. The molecule has 2 amide bonds. The van der Waals surface area contributed by atoms with Crippen molar-refractivity contribution in [2.75, 3.05) is 18.1 Å². The van der Waals surface area contributed by atoms with Crippen LogP contribution in [0.25, 0.3) is 0 Å². The summed E-state index contributed by atoms with van der Waals surface area (Å²) in [4.78, 5) is 13.4. The lowest BCUT2D eigenvalue weighted by Gasteiger charge is -2.30. The second-order valence-electron chi connectivity index (χ2n) is 4.22. The minimum atomic E-state index is -0.378. The fraction of sp³-hybridized carbons (Fsp3) is 0.417. The molecule has 0 atom stereocenters. The van der Waals surface area contributed by atoms with Crippen molar-refractivity contribution in [3.05, 3.63) is 24.0 Å². The first-order valence-electron chi connectivity index (χ1n) is 5.58. The summed E-state index contributed by atoms with van der Waals surface area (Å²) in [6, 6.07) is 3.99. The second-order valence-corrected chi connectivity index (χ2v) is 4.22. The van der Waals surface area contributed by atoms with Crippen LogP contribution in [-0.2, 0) is 0 Å². The number of nitrogens with zero attached hydrogens (tertiary/aromatic N) is 1. The van der Waals surface area contributed by atoms with E-state index in [2.05, 4.69) is 5.32 Å². The van der Waals surface area contributed by atoms with E-state index in [-0.39, 0.29) is 17.9 Å². The summed E-state index contributed by atoms with van der Waals surface area (Å²) in [5, 5.41) is 2.78. The molecule has 0 fully saturated rings. The van der Waals surface area contributed by atoms with E-state index in [1.807, 2.05) is 13.8 Å². The van der Waals surface area contributed by atoms with E-state index in [4.69, 9.17) is 4.74 Å². The van der Waals surface area contributed by atoms with E-state index < -0.39 is 0 Å². The lowest BCUT2D eigenvalue weighted by atomic mass is 10.2. The number of fused-ring (bicyclic) bond motifs is 1. The highest BCUT2D eigenvalue weighted by Crippen LogP contribution is 2.32. The number of hydrogen-bond donors (Lipinski definition) is 1. The number of carbonyl (C=O) groups excluding carboxylic acids is 1. The highest BCUT2D eigenvalue weighted by Gasteiger charge is 2.24. The molecule has 0 spiro atoms. The molecule has 0 aromatic heterocycles. The van der Waals surface area contributed by atoms with Gasteiger partial charge in [-0.05, 0) is 26.0 Å². The quantitative estimate of drug-likeness (QED) is 0.814. The van der Waals surface area contributed by atoms with Crippen LogP contribution in [0.15, 0.2) is 18.2 Å². The number of amides is 2. The van der Waals surface area contributed by atoms with Gasteiger partial charge in [-0.3, -0.25) is 4.90 Å². The third kappa shape index (κ3) is 2.49. The molecule has 0 bridgehead atoms. The van der Waals surface area contributed by atoms with Gasteiger partial charge in [0.15, 0.2) is 0 Å². The van der Waals surface area contributed by atoms with Gasteiger partial charge < -0.3 is 10.1 Å². The molecule has 0 saturated heterocycles. The van der Waals surface area contributed by atoms with Gasteiger partial charge in [-0.15, -0.1) is 0 Å². The minimum absolute atomic E-state index is 0.0438. The summed E-state index contributed by atoms with van der Waals surface area (Å²) >= 11 is 0. The zero-order valence-corrected chi connectivity index (χ0v) is 9.87. The van der Waals surface area contributed by atoms with Gasteiger partial charge in [0.05, 0.1) is 12.2 Å². The number of benzene rings is 1. The number of carbonyl (C=O) groups is 1. The van der Waals surface area contributed by atoms with E-state index >= 15 is 0 Å². The number of urea groups is 1. The number of ether oxygens (including phenoxy) is 1. The molecule has 1 heterocycles. The van der Waals surface area contributed by atoms with Crippen molar-refractivity contribution < 1.29 is 13.9 Å². The molecule has 4 nitrogen and oxygen atoms in total. The number of rotatable bonds is 1. The van der Waals surface area contributed by atoms with Crippen LogP contribution in [0.5, 0.6) is 5.75 Å². The standard InChI is InChI=1S/C12H15FN2O2/c1-8(2)14-12(16)15-5-6-17-11-4-3-9(13)7-10(11)15/h3-4,7-8H,5-6H2,1-2H3,(H,14,16). The Balaban J connectivity index is 2.27. The van der Waals surface area contributed by atoms with Crippen molar-refractivity contribution >= 4 is 11.7 Å². The summed E-state index contributed by atoms with van der Waals surface area (Å²) in [5.74, 6) is 0.160. The van der Waals surface area contributed by atoms with Crippen molar-refractivity contribution in [1.29, 1.82) is 0 Å². The van der Waals surface area contributed by atoms with Crippen molar-refractivity contribution in [2.24, 2.45) is 0 Å². The normalized spacial score (nSPS) is 14.2. The maximum atomic E-state index is 13.2. The van der Waals surface area contributed by atoms with Crippen LogP contribution in [0, 0.1) is 5.82 Å². The van der Waals surface area contributed by atoms with Crippen LogP contribution in [0.2, 0.25) is 0 Å². The fourth-order valence-corrected chi connectivity index (χ4v) is 1.73. The number of nitrogens with one attached hydrogen (secondary N) is 1. The Morgan fingerprint density at radius 1 is 1.53 bits per heavy atom. The Bertz CT molecular complexity index is 435. The highest BCUT2D eigenvalue weighted by molar-refractivity contribution is 5.94. The summed E-state index contributed by atoms with van der Waals surface area (Å²) in [6.45, 7) is 4.61. The summed E-state index contributed by atoms with van der Waals surface area (Å²) in [7, 11) is 0. The summed E-state index contributed by atoms with van der Waals surface area (Å²) in [5.41, 5.74) is 0.481. The van der Waals surface area contributed by atoms with Crippen LogP contribution in [0.4, 0.5) is 14.9 Å². The van der Waals surface area contributed by atoms with Gasteiger partial charge in [-0.2, -0.15) is 0 Å². The average molecular weight is 238 g/mol. The third-order valence-corrected chi connectivity index (χ3v) is 2.44. The summed E-state index contributed by atoms with van der Waals surface area (Å²) < 4.78 is 18.6. The van der Waals surface area contributed by atoms with Crippen molar-refractivity contribution in [1.82, 2.24) is 5.32 Å². The predicted octanol–water partition coefficient (Wildman–Crippen LogP) is 2.14. The third-order valence-electron chi connectivity index (χ3n) is 2.44. The Hall–Kier alpha value is -1.78. The molecule has 0 aliphatic carbocycles. The van der Waals surface area contributed by atoms with Gasteiger partial charge in [0.25, 0.3) is 0 Å². The molecular formula is C12H15FN2O2. The zero-order chi connectivity index (χ0) is 12.4. The zero-order valence-electron chi connectivity index (χ0n) is 9.87. The molecule has 5 heteroatoms. The lowest BCUT2D eigenvalue weighted by Crippen LogP contribution is -2.46. The van der Waals surface area contributed by atoms with Crippen molar-refractivity contribution in [3.8, 4) is 5.75 Å². The predicted molar refractivity (Wildman–Crippen MR) is 62.9 cm³/mol. The van der Waals surface area contributed by atoms with Crippen LogP contribution in [0.1, 0.15) is 13.8 Å². The SMILES string of the molecule is CC(C)NC(=O)N1CCOc2ccc(F)cc21. The van der Waals surface area contributed by atoms with E-state index in [0.29, 0.717) is 24.6 Å². The molecule has 0 radical (unpaired) electrons. The molecule has 0 unspecified atom stereocenters. The first kappa shape index (κ1) is 11.7. The molecule has 1 aliphatic rings. The van der Waals surface area contributed by atoms with Crippen LogP contribution < -0.4 is 15.0 Å². The van der Waals surface area contributed by atoms with E-state index in [1.165, 1.54) is 17.0 Å². The Morgan fingerprint density at radius 2 is 2.29 bits per heavy atom. The Labute approximate surface area is 99.4 Å². The van der Waals surface area contributed by atoms with E-state index in [0.717, 1.165) is 0 Å². The molecular weight excluding hydrogens is 223 g/mol. The number of anilines is 1. The Morgan fingerprint density at radius 3 is 3.00 bits per heavy atom. The van der Waals surface area contributed by atoms with Gasteiger partial charge in [-0.1, -0.05) is 0 Å². The maximum absolute atomic E-state index is 13.2. The largest absolute Gasteiger partial charge is 0.490 e. The first-order chi connectivity index (χ1) is 8.08. The van der Waals surface area contributed by atoms with Crippen molar-refractivity contribution in [3.63, 3.8) is 0 Å². The molecule has 1 aliphatic heterocycles. The first-order valence-corrected chi connectivity index (χ1v) is 5.58. The van der Waals surface area contributed by atoms with Crippen LogP contribution >= 0.6 is 0 Å². The molecule has 1 aromatic rings. The maximum Gasteiger partial charge on any atom is 0.322 e. The van der Waals surface area contributed by atoms with Gasteiger partial charge in [0.1, 0.15) is 18.2 Å². The van der Waals surface area contributed by atoms with Crippen LogP contribution in [0.3, 0.4) is 0 Å².